The number of carbonyl (C=O) groups excluding carboxylic acids is 1. The van der Waals surface area contributed by atoms with E-state index in [0.29, 0.717) is 12.3 Å². The van der Waals surface area contributed by atoms with Crippen LogP contribution >= 0.6 is 0 Å². The quantitative estimate of drug-likeness (QED) is 0.496. The van der Waals surface area contributed by atoms with E-state index in [2.05, 4.69) is 10.6 Å². The minimum atomic E-state index is -1.52. The van der Waals surface area contributed by atoms with E-state index in [9.17, 15) is 9.59 Å². The van der Waals surface area contributed by atoms with Gasteiger partial charge in [-0.1, -0.05) is 0 Å². The molecule has 1 heterocycles. The van der Waals surface area contributed by atoms with E-state index in [1.807, 2.05) is 0 Å². The van der Waals surface area contributed by atoms with Crippen LogP contribution in [0.25, 0.3) is 0 Å². The van der Waals surface area contributed by atoms with Crippen LogP contribution < -0.4 is 10.6 Å². The van der Waals surface area contributed by atoms with Crippen LogP contribution in [0.5, 0.6) is 0 Å². The highest BCUT2D eigenvalue weighted by Gasteiger charge is 2.16. The minimum Gasteiger partial charge on any atom is -0.479 e. The number of carboxylic acid groups (broad SMARTS) is 1. The predicted molar refractivity (Wildman–Crippen MR) is 61.5 cm³/mol. The summed E-state index contributed by atoms with van der Waals surface area (Å²) in [5, 5.41) is 23.1. The smallest absolute Gasteiger partial charge is 0.334 e. The molecule has 1 saturated heterocycles. The Labute approximate surface area is 100 Å². The van der Waals surface area contributed by atoms with Gasteiger partial charge in [0.2, 0.25) is 5.91 Å². The van der Waals surface area contributed by atoms with Crippen LogP contribution in [0.4, 0.5) is 0 Å². The van der Waals surface area contributed by atoms with Crippen LogP contribution in [0, 0.1) is 5.92 Å². The molecule has 1 rings (SSSR count). The third-order valence-electron chi connectivity index (χ3n) is 2.96. The number of piperidine rings is 1. The first kappa shape index (κ1) is 13.9. The molecule has 1 fully saturated rings. The molecular formula is C11H20N2O4. The summed E-state index contributed by atoms with van der Waals surface area (Å²) in [6.07, 6.45) is 1.96. The van der Waals surface area contributed by atoms with Crippen LogP contribution in [0.1, 0.15) is 25.7 Å². The molecule has 4 N–H and O–H groups in total. The number of aliphatic carboxylic acids is 1. The molecule has 0 spiro atoms. The number of nitrogens with one attached hydrogen (secondary N) is 2. The zero-order valence-corrected chi connectivity index (χ0v) is 9.82. The predicted octanol–water partition coefficient (Wildman–Crippen LogP) is -0.672. The number of carbonyl (C=O) groups is 2. The summed E-state index contributed by atoms with van der Waals surface area (Å²) in [5.74, 6) is -0.989. The van der Waals surface area contributed by atoms with Crippen LogP contribution in [-0.4, -0.2) is 47.8 Å². The lowest BCUT2D eigenvalue weighted by molar-refractivity contribution is -0.146. The zero-order valence-electron chi connectivity index (χ0n) is 9.82. The maximum Gasteiger partial charge on any atom is 0.334 e. The van der Waals surface area contributed by atoms with Gasteiger partial charge in [0.15, 0.2) is 6.10 Å². The van der Waals surface area contributed by atoms with Crippen molar-refractivity contribution in [3.8, 4) is 0 Å². The fourth-order valence-corrected chi connectivity index (χ4v) is 1.89. The fraction of sp³-hybridized carbons (Fsp3) is 0.818. The van der Waals surface area contributed by atoms with E-state index in [-0.39, 0.29) is 12.5 Å². The second-order valence-electron chi connectivity index (χ2n) is 4.41. The molecule has 1 aliphatic heterocycles. The van der Waals surface area contributed by atoms with Gasteiger partial charge in [-0.3, -0.25) is 4.79 Å². The van der Waals surface area contributed by atoms with Gasteiger partial charge in [-0.25, -0.2) is 4.79 Å². The topological polar surface area (TPSA) is 98.7 Å². The van der Waals surface area contributed by atoms with Crippen LogP contribution in [0.2, 0.25) is 0 Å². The average molecular weight is 244 g/mol. The summed E-state index contributed by atoms with van der Waals surface area (Å²) in [6.45, 7) is 1.77. The highest BCUT2D eigenvalue weighted by Crippen LogP contribution is 2.15. The first-order valence-electron chi connectivity index (χ1n) is 5.98. The van der Waals surface area contributed by atoms with Crippen molar-refractivity contribution in [3.63, 3.8) is 0 Å². The SMILES string of the molecule is O=C(CCC1CCCNC1)NCC(O)C(=O)O. The maximum absolute atomic E-state index is 11.4. The summed E-state index contributed by atoms with van der Waals surface area (Å²) in [6, 6.07) is 0. The molecule has 0 radical (unpaired) electrons. The molecule has 1 aliphatic rings. The summed E-state index contributed by atoms with van der Waals surface area (Å²) < 4.78 is 0. The van der Waals surface area contributed by atoms with Crippen molar-refractivity contribution < 1.29 is 19.8 Å². The van der Waals surface area contributed by atoms with Crippen molar-refractivity contribution in [2.24, 2.45) is 5.92 Å². The lowest BCUT2D eigenvalue weighted by Crippen LogP contribution is -2.37. The number of hydrogen-bond donors (Lipinski definition) is 4. The molecule has 0 aromatic carbocycles. The number of carboxylic acids is 1. The molecule has 0 saturated carbocycles. The molecule has 0 aromatic rings. The Morgan fingerprint density at radius 3 is 2.82 bits per heavy atom. The Balaban J connectivity index is 2.10. The van der Waals surface area contributed by atoms with E-state index >= 15 is 0 Å². The third-order valence-corrected chi connectivity index (χ3v) is 2.96. The number of hydrogen-bond acceptors (Lipinski definition) is 4. The van der Waals surface area contributed by atoms with E-state index in [1.54, 1.807) is 0 Å². The summed E-state index contributed by atoms with van der Waals surface area (Å²) in [7, 11) is 0. The molecule has 17 heavy (non-hydrogen) atoms. The van der Waals surface area contributed by atoms with Gasteiger partial charge in [-0.2, -0.15) is 0 Å². The Kier molecular flexibility index (Phi) is 5.93. The molecule has 2 atom stereocenters. The lowest BCUT2D eigenvalue weighted by atomic mass is 9.94. The molecule has 1 amide bonds. The van der Waals surface area contributed by atoms with Crippen molar-refractivity contribution >= 4 is 11.9 Å². The third kappa shape index (κ3) is 5.65. The number of aliphatic hydroxyl groups is 1. The van der Waals surface area contributed by atoms with Gasteiger partial charge in [0.25, 0.3) is 0 Å². The second-order valence-corrected chi connectivity index (χ2v) is 4.41. The van der Waals surface area contributed by atoms with Crippen molar-refractivity contribution in [2.45, 2.75) is 31.8 Å². The van der Waals surface area contributed by atoms with Crippen molar-refractivity contribution in [3.05, 3.63) is 0 Å². The molecular weight excluding hydrogens is 224 g/mol. The lowest BCUT2D eigenvalue weighted by Gasteiger charge is -2.22. The molecule has 6 nitrogen and oxygen atoms in total. The number of amides is 1. The first-order valence-corrected chi connectivity index (χ1v) is 5.98. The number of aliphatic hydroxyl groups excluding tert-OH is 1. The van der Waals surface area contributed by atoms with Crippen LogP contribution in [0.3, 0.4) is 0 Å². The Morgan fingerprint density at radius 1 is 1.47 bits per heavy atom. The molecule has 2 unspecified atom stereocenters. The van der Waals surface area contributed by atoms with Gasteiger partial charge >= 0.3 is 5.97 Å². The summed E-state index contributed by atoms with van der Waals surface area (Å²) in [4.78, 5) is 21.7. The van der Waals surface area contributed by atoms with Crippen LogP contribution in [-0.2, 0) is 9.59 Å². The summed E-state index contributed by atoms with van der Waals surface area (Å²) in [5.41, 5.74) is 0. The second kappa shape index (κ2) is 7.24. The van der Waals surface area contributed by atoms with Gasteiger partial charge in [0.1, 0.15) is 0 Å². The Hall–Kier alpha value is -1.14. The normalized spacial score (nSPS) is 21.8. The summed E-state index contributed by atoms with van der Waals surface area (Å²) >= 11 is 0. The van der Waals surface area contributed by atoms with Gasteiger partial charge < -0.3 is 20.8 Å². The van der Waals surface area contributed by atoms with E-state index in [0.717, 1.165) is 32.4 Å². The standard InChI is InChI=1S/C11H20N2O4/c14-9(11(16)17)7-13-10(15)4-3-8-2-1-5-12-6-8/h8-9,12,14H,1-7H2,(H,13,15)(H,16,17). The molecule has 98 valence electrons. The van der Waals surface area contributed by atoms with Crippen LogP contribution in [0.15, 0.2) is 0 Å². The van der Waals surface area contributed by atoms with Gasteiger partial charge in [-0.15, -0.1) is 0 Å². The number of rotatable bonds is 6. The maximum atomic E-state index is 11.4. The van der Waals surface area contributed by atoms with Gasteiger partial charge in [0.05, 0.1) is 6.54 Å². The largest absolute Gasteiger partial charge is 0.479 e. The van der Waals surface area contributed by atoms with E-state index in [1.165, 1.54) is 0 Å². The van der Waals surface area contributed by atoms with Gasteiger partial charge in [-0.05, 0) is 38.3 Å². The average Bonchev–Trinajstić information content (AvgIpc) is 2.34. The Morgan fingerprint density at radius 2 is 2.24 bits per heavy atom. The molecule has 0 aliphatic carbocycles. The van der Waals surface area contributed by atoms with Crippen molar-refractivity contribution in [1.29, 1.82) is 0 Å². The highest BCUT2D eigenvalue weighted by atomic mass is 16.4. The van der Waals surface area contributed by atoms with Crippen molar-refractivity contribution in [1.82, 2.24) is 10.6 Å². The monoisotopic (exact) mass is 244 g/mol. The highest BCUT2D eigenvalue weighted by molar-refractivity contribution is 5.77. The fourth-order valence-electron chi connectivity index (χ4n) is 1.89. The first-order chi connectivity index (χ1) is 8.09. The molecule has 6 heteroatoms. The molecule has 0 aromatic heterocycles. The molecule has 0 bridgehead atoms. The van der Waals surface area contributed by atoms with E-state index in [4.69, 9.17) is 10.2 Å². The van der Waals surface area contributed by atoms with Crippen molar-refractivity contribution in [2.75, 3.05) is 19.6 Å². The van der Waals surface area contributed by atoms with Gasteiger partial charge in [0, 0.05) is 6.42 Å². The van der Waals surface area contributed by atoms with E-state index < -0.39 is 12.1 Å². The Bertz CT molecular complexity index is 264. The zero-order chi connectivity index (χ0) is 12.7. The minimum absolute atomic E-state index is 0.198.